The van der Waals surface area contributed by atoms with Crippen LogP contribution in [0.5, 0.6) is 0 Å². The summed E-state index contributed by atoms with van der Waals surface area (Å²) in [6.07, 6.45) is 5.30. The van der Waals surface area contributed by atoms with Crippen LogP contribution in [0, 0.1) is 10.1 Å². The fraction of sp³-hybridized carbons (Fsp3) is 0. The Morgan fingerprint density at radius 2 is 2.24 bits per heavy atom. The molecule has 21 heavy (non-hydrogen) atoms. The highest BCUT2D eigenvalue weighted by molar-refractivity contribution is 6.33. The summed E-state index contributed by atoms with van der Waals surface area (Å²) >= 11 is 5.88. The molecule has 1 amide bonds. The van der Waals surface area contributed by atoms with Gasteiger partial charge in [-0.05, 0) is 6.07 Å². The lowest BCUT2D eigenvalue weighted by atomic mass is 10.2. The molecule has 0 spiro atoms. The first kappa shape index (κ1) is 14.5. The van der Waals surface area contributed by atoms with Crippen LogP contribution in [0.4, 0.5) is 5.69 Å². The highest BCUT2D eigenvalue weighted by atomic mass is 35.5. The second-order valence-corrected chi connectivity index (χ2v) is 4.16. The van der Waals surface area contributed by atoms with Crippen molar-refractivity contribution >= 4 is 29.4 Å². The van der Waals surface area contributed by atoms with Crippen molar-refractivity contribution in [3.05, 3.63) is 63.2 Å². The molecule has 1 aromatic carbocycles. The van der Waals surface area contributed by atoms with Gasteiger partial charge in [0, 0.05) is 35.1 Å². The molecule has 0 aliphatic heterocycles. The molecule has 1 aromatic heterocycles. The van der Waals surface area contributed by atoms with E-state index in [-0.39, 0.29) is 16.4 Å². The summed E-state index contributed by atoms with van der Waals surface area (Å²) in [5.74, 6) is -0.555. The molecule has 1 heterocycles. The molecule has 0 aliphatic carbocycles. The summed E-state index contributed by atoms with van der Waals surface area (Å²) in [7, 11) is 0. The molecule has 106 valence electrons. The van der Waals surface area contributed by atoms with Gasteiger partial charge in [0.1, 0.15) is 5.69 Å². The normalized spacial score (nSPS) is 10.5. The molecular weight excluding hydrogens is 298 g/mol. The minimum atomic E-state index is -0.555. The van der Waals surface area contributed by atoms with Gasteiger partial charge in [0.05, 0.1) is 17.3 Å². The molecule has 0 saturated heterocycles. The molecule has 8 nitrogen and oxygen atoms in total. The maximum Gasteiger partial charge on any atom is 0.291 e. The number of benzene rings is 1. The van der Waals surface area contributed by atoms with Crippen molar-refractivity contribution in [2.45, 2.75) is 0 Å². The Balaban J connectivity index is 2.10. The molecular formula is C12H8ClN5O3. The van der Waals surface area contributed by atoms with Gasteiger partial charge in [0.25, 0.3) is 11.6 Å². The first-order valence-electron chi connectivity index (χ1n) is 5.61. The van der Waals surface area contributed by atoms with Crippen LogP contribution in [-0.2, 0) is 0 Å². The largest absolute Gasteiger partial charge is 0.291 e. The van der Waals surface area contributed by atoms with Crippen LogP contribution in [-0.4, -0.2) is 27.0 Å². The van der Waals surface area contributed by atoms with Gasteiger partial charge in [-0.3, -0.25) is 19.9 Å². The first-order valence-corrected chi connectivity index (χ1v) is 5.99. The summed E-state index contributed by atoms with van der Waals surface area (Å²) in [5, 5.41) is 14.6. The number of carbonyl (C=O) groups excluding carboxylic acids is 1. The van der Waals surface area contributed by atoms with Crippen LogP contribution in [0.3, 0.4) is 0 Å². The van der Waals surface area contributed by atoms with Gasteiger partial charge in [-0.15, -0.1) is 0 Å². The third-order valence-corrected chi connectivity index (χ3v) is 2.70. The Kier molecular flexibility index (Phi) is 4.52. The second-order valence-electron chi connectivity index (χ2n) is 3.75. The molecule has 0 aliphatic rings. The minimum absolute atomic E-state index is 0.0970. The van der Waals surface area contributed by atoms with Crippen LogP contribution in [0.25, 0.3) is 0 Å². The summed E-state index contributed by atoms with van der Waals surface area (Å²) in [4.78, 5) is 29.3. The predicted octanol–water partition coefficient (Wildman–Crippen LogP) is 1.80. The smallest absolute Gasteiger partial charge is 0.265 e. The number of nitrogens with one attached hydrogen (secondary N) is 1. The fourth-order valence-corrected chi connectivity index (χ4v) is 1.54. The van der Waals surface area contributed by atoms with Gasteiger partial charge in [-0.2, -0.15) is 5.10 Å². The van der Waals surface area contributed by atoms with Crippen LogP contribution in [0.15, 0.2) is 41.9 Å². The number of aromatic nitrogens is 2. The average Bonchev–Trinajstić information content (AvgIpc) is 2.49. The Bertz CT molecular complexity index is 705. The van der Waals surface area contributed by atoms with Crippen LogP contribution in [0.2, 0.25) is 5.02 Å². The lowest BCUT2D eigenvalue weighted by molar-refractivity contribution is -0.384. The number of non-ortho nitro benzene ring substituents is 1. The Morgan fingerprint density at radius 1 is 1.43 bits per heavy atom. The van der Waals surface area contributed by atoms with Gasteiger partial charge >= 0.3 is 0 Å². The molecule has 0 saturated carbocycles. The van der Waals surface area contributed by atoms with Crippen molar-refractivity contribution in [1.29, 1.82) is 0 Å². The lowest BCUT2D eigenvalue weighted by Crippen LogP contribution is -2.19. The zero-order valence-electron chi connectivity index (χ0n) is 10.4. The van der Waals surface area contributed by atoms with E-state index in [1.807, 2.05) is 0 Å². The van der Waals surface area contributed by atoms with Gasteiger partial charge in [-0.1, -0.05) is 11.6 Å². The van der Waals surface area contributed by atoms with E-state index in [0.29, 0.717) is 5.56 Å². The van der Waals surface area contributed by atoms with E-state index < -0.39 is 10.8 Å². The van der Waals surface area contributed by atoms with Gasteiger partial charge in [0.15, 0.2) is 0 Å². The Labute approximate surface area is 123 Å². The third-order valence-electron chi connectivity index (χ3n) is 2.36. The quantitative estimate of drug-likeness (QED) is 0.526. The molecule has 9 heteroatoms. The second kappa shape index (κ2) is 6.53. The monoisotopic (exact) mass is 305 g/mol. The van der Waals surface area contributed by atoms with E-state index in [0.717, 1.165) is 0 Å². The number of hydrogen-bond donors (Lipinski definition) is 1. The van der Waals surface area contributed by atoms with E-state index >= 15 is 0 Å². The number of rotatable bonds is 4. The SMILES string of the molecule is O=C(N/N=C\c1cc([N+](=O)[O-])ccc1Cl)c1cnccn1. The summed E-state index contributed by atoms with van der Waals surface area (Å²) in [6.45, 7) is 0. The topological polar surface area (TPSA) is 110 Å². The minimum Gasteiger partial charge on any atom is -0.265 e. The first-order chi connectivity index (χ1) is 10.1. The van der Waals surface area contributed by atoms with Crippen molar-refractivity contribution in [3.63, 3.8) is 0 Å². The fourth-order valence-electron chi connectivity index (χ4n) is 1.38. The number of halogens is 1. The van der Waals surface area contributed by atoms with E-state index in [4.69, 9.17) is 11.6 Å². The highest BCUT2D eigenvalue weighted by Crippen LogP contribution is 2.20. The van der Waals surface area contributed by atoms with Crippen molar-refractivity contribution in [3.8, 4) is 0 Å². The standard InChI is InChI=1S/C12H8ClN5O3/c13-10-2-1-9(18(20)21)5-8(10)6-16-17-12(19)11-7-14-3-4-15-11/h1-7H,(H,17,19)/b16-6-. The molecule has 0 unspecified atom stereocenters. The van der Waals surface area contributed by atoms with Crippen molar-refractivity contribution in [1.82, 2.24) is 15.4 Å². The Hall–Kier alpha value is -2.87. The molecule has 0 radical (unpaired) electrons. The maximum absolute atomic E-state index is 11.6. The molecule has 2 aromatic rings. The predicted molar refractivity (Wildman–Crippen MR) is 75.2 cm³/mol. The number of nitro groups is 1. The molecule has 2 rings (SSSR count). The van der Waals surface area contributed by atoms with Crippen molar-refractivity contribution in [2.24, 2.45) is 5.10 Å². The van der Waals surface area contributed by atoms with Gasteiger partial charge in [0.2, 0.25) is 0 Å². The molecule has 0 bridgehead atoms. The number of nitrogens with zero attached hydrogens (tertiary/aromatic N) is 4. The van der Waals surface area contributed by atoms with Gasteiger partial charge in [-0.25, -0.2) is 10.4 Å². The number of carbonyl (C=O) groups is 1. The lowest BCUT2D eigenvalue weighted by Gasteiger charge is -1.99. The Morgan fingerprint density at radius 3 is 2.90 bits per heavy atom. The van der Waals surface area contributed by atoms with Crippen LogP contribution < -0.4 is 5.43 Å². The zero-order valence-corrected chi connectivity index (χ0v) is 11.2. The number of nitro benzene ring substituents is 1. The summed E-state index contributed by atoms with van der Waals surface area (Å²) in [6, 6.07) is 3.91. The van der Waals surface area contributed by atoms with Crippen LogP contribution >= 0.6 is 11.6 Å². The van der Waals surface area contributed by atoms with E-state index in [1.165, 1.54) is 43.0 Å². The highest BCUT2D eigenvalue weighted by Gasteiger charge is 2.09. The van der Waals surface area contributed by atoms with Crippen molar-refractivity contribution in [2.75, 3.05) is 0 Å². The summed E-state index contributed by atoms with van der Waals surface area (Å²) < 4.78 is 0. The van der Waals surface area contributed by atoms with E-state index in [2.05, 4.69) is 20.5 Å². The third kappa shape index (κ3) is 3.80. The number of amides is 1. The molecule has 0 atom stereocenters. The van der Waals surface area contributed by atoms with E-state index in [9.17, 15) is 14.9 Å². The molecule has 1 N–H and O–H groups in total. The summed E-state index contributed by atoms with van der Waals surface area (Å²) in [5.41, 5.74) is 2.51. The number of hydrazone groups is 1. The van der Waals surface area contributed by atoms with Gasteiger partial charge < -0.3 is 0 Å². The average molecular weight is 306 g/mol. The molecule has 0 fully saturated rings. The van der Waals surface area contributed by atoms with E-state index in [1.54, 1.807) is 0 Å². The van der Waals surface area contributed by atoms with Crippen molar-refractivity contribution < 1.29 is 9.72 Å². The maximum atomic E-state index is 11.6. The van der Waals surface area contributed by atoms with Crippen LogP contribution in [0.1, 0.15) is 16.1 Å². The zero-order chi connectivity index (χ0) is 15.2. The number of hydrogen-bond acceptors (Lipinski definition) is 6.